The second-order valence-electron chi connectivity index (χ2n) is 7.69. The Morgan fingerprint density at radius 3 is 3.00 bits per heavy atom. The number of nitrogens with zero attached hydrogens (tertiary/aromatic N) is 4. The van der Waals surface area contributed by atoms with Crippen molar-refractivity contribution in [1.82, 2.24) is 24.6 Å². The van der Waals surface area contributed by atoms with Crippen molar-refractivity contribution in [3.05, 3.63) is 43.0 Å². The second-order valence-corrected chi connectivity index (χ2v) is 7.69. The van der Waals surface area contributed by atoms with Gasteiger partial charge < -0.3 is 15.4 Å². The maximum Gasteiger partial charge on any atom is 0.224 e. The smallest absolute Gasteiger partial charge is 0.224 e. The molecule has 4 heterocycles. The molecule has 0 radical (unpaired) electrons. The molecule has 27 heavy (non-hydrogen) atoms. The zero-order chi connectivity index (χ0) is 18.4. The molecule has 0 bridgehead atoms. The Kier molecular flexibility index (Phi) is 3.65. The lowest BCUT2D eigenvalue weighted by molar-refractivity contribution is 0.0196. The summed E-state index contributed by atoms with van der Waals surface area (Å²) in [6, 6.07) is 6.44. The zero-order valence-corrected chi connectivity index (χ0v) is 15.2. The van der Waals surface area contributed by atoms with E-state index in [4.69, 9.17) is 0 Å². The van der Waals surface area contributed by atoms with E-state index in [1.807, 2.05) is 42.2 Å². The Balaban J connectivity index is 1.41. The number of pyridine rings is 1. The summed E-state index contributed by atoms with van der Waals surface area (Å²) in [6.45, 7) is 1.91. The first-order valence-electron chi connectivity index (χ1n) is 9.34. The molecule has 0 aromatic carbocycles. The Morgan fingerprint density at radius 2 is 2.15 bits per heavy atom. The first kappa shape index (κ1) is 16.3. The Labute approximate surface area is 156 Å². The highest BCUT2D eigenvalue weighted by molar-refractivity contribution is 5.94. The van der Waals surface area contributed by atoms with Crippen LogP contribution in [0, 0.1) is 0 Å². The highest BCUT2D eigenvalue weighted by atomic mass is 16.3. The number of nitrogens with one attached hydrogen (secondary N) is 2. The summed E-state index contributed by atoms with van der Waals surface area (Å²) in [6.07, 6.45) is 11.1. The SMILES string of the molecule is C[C@]1(O)CC[C@@H](Nc2ncc3c(-c4ccn5nccc5c4)c[nH]c3n2)CC1. The molecule has 0 atom stereocenters. The van der Waals surface area contributed by atoms with Crippen molar-refractivity contribution in [3.8, 4) is 11.1 Å². The Bertz CT molecular complexity index is 1100. The lowest BCUT2D eigenvalue weighted by atomic mass is 9.84. The molecule has 0 saturated heterocycles. The highest BCUT2D eigenvalue weighted by Gasteiger charge is 2.28. The van der Waals surface area contributed by atoms with E-state index < -0.39 is 5.60 Å². The lowest BCUT2D eigenvalue weighted by Gasteiger charge is -2.33. The molecule has 5 rings (SSSR count). The number of hydrogen-bond donors (Lipinski definition) is 3. The lowest BCUT2D eigenvalue weighted by Crippen LogP contribution is -2.36. The topological polar surface area (TPSA) is 91.1 Å². The van der Waals surface area contributed by atoms with Crippen molar-refractivity contribution in [2.24, 2.45) is 0 Å². The summed E-state index contributed by atoms with van der Waals surface area (Å²) >= 11 is 0. The summed E-state index contributed by atoms with van der Waals surface area (Å²) in [7, 11) is 0. The molecule has 0 spiro atoms. The summed E-state index contributed by atoms with van der Waals surface area (Å²) in [4.78, 5) is 12.4. The number of aromatic nitrogens is 5. The molecule has 4 aromatic rings. The van der Waals surface area contributed by atoms with Crippen LogP contribution in [0.2, 0.25) is 0 Å². The molecule has 7 heteroatoms. The molecule has 1 aliphatic rings. The third-order valence-corrected chi connectivity index (χ3v) is 5.54. The molecule has 1 saturated carbocycles. The third-order valence-electron chi connectivity index (χ3n) is 5.54. The molecule has 0 unspecified atom stereocenters. The first-order valence-corrected chi connectivity index (χ1v) is 9.34. The fourth-order valence-electron chi connectivity index (χ4n) is 3.87. The van der Waals surface area contributed by atoms with Gasteiger partial charge in [0.25, 0.3) is 0 Å². The molecule has 1 fully saturated rings. The van der Waals surface area contributed by atoms with E-state index in [1.54, 1.807) is 6.20 Å². The van der Waals surface area contributed by atoms with Crippen molar-refractivity contribution in [2.75, 3.05) is 5.32 Å². The molecule has 4 aromatic heterocycles. The van der Waals surface area contributed by atoms with Gasteiger partial charge in [0.2, 0.25) is 5.95 Å². The maximum absolute atomic E-state index is 10.1. The Morgan fingerprint density at radius 1 is 1.30 bits per heavy atom. The van der Waals surface area contributed by atoms with Gasteiger partial charge >= 0.3 is 0 Å². The van der Waals surface area contributed by atoms with E-state index in [-0.39, 0.29) is 0 Å². The van der Waals surface area contributed by atoms with E-state index >= 15 is 0 Å². The predicted molar refractivity (Wildman–Crippen MR) is 105 cm³/mol. The molecule has 3 N–H and O–H groups in total. The third kappa shape index (κ3) is 3.04. The summed E-state index contributed by atoms with van der Waals surface area (Å²) in [5.41, 5.74) is 3.52. The molecule has 138 valence electrons. The van der Waals surface area contributed by atoms with Crippen LogP contribution in [-0.2, 0) is 0 Å². The normalized spacial score (nSPS) is 23.1. The monoisotopic (exact) mass is 362 g/mol. The number of H-pyrrole nitrogens is 1. The average Bonchev–Trinajstić information content (AvgIpc) is 3.29. The quantitative estimate of drug-likeness (QED) is 0.520. The minimum atomic E-state index is -0.534. The largest absolute Gasteiger partial charge is 0.390 e. The maximum atomic E-state index is 10.1. The van der Waals surface area contributed by atoms with Crippen molar-refractivity contribution < 1.29 is 5.11 Å². The van der Waals surface area contributed by atoms with Gasteiger partial charge in [-0.3, -0.25) is 0 Å². The molecule has 0 aliphatic heterocycles. The van der Waals surface area contributed by atoms with E-state index in [9.17, 15) is 5.11 Å². The zero-order valence-electron chi connectivity index (χ0n) is 15.2. The molecule has 7 nitrogen and oxygen atoms in total. The minimum Gasteiger partial charge on any atom is -0.390 e. The molecule has 1 aliphatic carbocycles. The van der Waals surface area contributed by atoms with Crippen LogP contribution in [0.15, 0.2) is 43.0 Å². The number of hydrogen-bond acceptors (Lipinski definition) is 5. The number of aliphatic hydroxyl groups is 1. The van der Waals surface area contributed by atoms with Crippen LogP contribution in [0.1, 0.15) is 32.6 Å². The van der Waals surface area contributed by atoms with Gasteiger partial charge in [-0.1, -0.05) is 0 Å². The van der Waals surface area contributed by atoms with Gasteiger partial charge in [0.1, 0.15) is 5.65 Å². The van der Waals surface area contributed by atoms with Crippen LogP contribution in [0.5, 0.6) is 0 Å². The Hall–Kier alpha value is -2.93. The molecular formula is C20H22N6O. The number of fused-ring (bicyclic) bond motifs is 2. The van der Waals surface area contributed by atoms with E-state index in [2.05, 4.69) is 31.4 Å². The second kappa shape index (κ2) is 6.06. The van der Waals surface area contributed by atoms with Gasteiger partial charge in [0, 0.05) is 41.8 Å². The van der Waals surface area contributed by atoms with E-state index in [0.29, 0.717) is 12.0 Å². The van der Waals surface area contributed by atoms with E-state index in [0.717, 1.165) is 53.4 Å². The van der Waals surface area contributed by atoms with Gasteiger partial charge in [0.15, 0.2) is 0 Å². The summed E-state index contributed by atoms with van der Waals surface area (Å²) < 4.78 is 1.85. The molecular weight excluding hydrogens is 340 g/mol. The van der Waals surface area contributed by atoms with Crippen molar-refractivity contribution in [1.29, 1.82) is 0 Å². The van der Waals surface area contributed by atoms with Gasteiger partial charge in [-0.05, 0) is 56.4 Å². The van der Waals surface area contributed by atoms with E-state index in [1.165, 1.54) is 0 Å². The van der Waals surface area contributed by atoms with Crippen LogP contribution < -0.4 is 5.32 Å². The summed E-state index contributed by atoms with van der Waals surface area (Å²) in [5, 5.41) is 18.7. The van der Waals surface area contributed by atoms with Crippen LogP contribution in [0.25, 0.3) is 27.7 Å². The fraction of sp³-hybridized carbons (Fsp3) is 0.350. The van der Waals surface area contributed by atoms with Gasteiger partial charge in [-0.25, -0.2) is 9.50 Å². The van der Waals surface area contributed by atoms with Gasteiger partial charge in [0.05, 0.1) is 11.1 Å². The van der Waals surface area contributed by atoms with Crippen molar-refractivity contribution in [3.63, 3.8) is 0 Å². The highest BCUT2D eigenvalue weighted by Crippen LogP contribution is 2.31. The van der Waals surface area contributed by atoms with Crippen LogP contribution in [0.4, 0.5) is 5.95 Å². The van der Waals surface area contributed by atoms with Crippen molar-refractivity contribution >= 4 is 22.5 Å². The molecule has 0 amide bonds. The number of rotatable bonds is 3. The number of anilines is 1. The fourth-order valence-corrected chi connectivity index (χ4v) is 3.87. The standard InChI is InChI=1S/C20H22N6O/c1-20(27)6-2-14(3-7-20)24-19-22-12-17-16(11-21-18(17)25-19)13-5-9-26-15(10-13)4-8-23-26/h4-5,8-12,14,27H,2-3,6-7H2,1H3,(H2,21,22,24,25)/t14-,20+. The predicted octanol–water partition coefficient (Wildman–Crippen LogP) is 3.38. The average molecular weight is 362 g/mol. The van der Waals surface area contributed by atoms with Gasteiger partial charge in [-0.2, -0.15) is 10.1 Å². The van der Waals surface area contributed by atoms with Crippen LogP contribution in [0.3, 0.4) is 0 Å². The first-order chi connectivity index (χ1) is 13.1. The summed E-state index contributed by atoms with van der Waals surface area (Å²) in [5.74, 6) is 0.633. The van der Waals surface area contributed by atoms with Gasteiger partial charge in [-0.15, -0.1) is 0 Å². The van der Waals surface area contributed by atoms with Crippen molar-refractivity contribution in [2.45, 2.75) is 44.2 Å². The minimum absolute atomic E-state index is 0.307. The number of aromatic amines is 1. The van der Waals surface area contributed by atoms with Crippen LogP contribution >= 0.6 is 0 Å². The van der Waals surface area contributed by atoms with Crippen LogP contribution in [-0.4, -0.2) is 41.3 Å².